The van der Waals surface area contributed by atoms with E-state index in [1.54, 1.807) is 0 Å². The minimum absolute atomic E-state index is 0.120. The zero-order valence-corrected chi connectivity index (χ0v) is 12.7. The van der Waals surface area contributed by atoms with E-state index in [2.05, 4.69) is 0 Å². The number of hydrogen-bond donors (Lipinski definition) is 1. The van der Waals surface area contributed by atoms with Crippen LogP contribution in [0, 0.1) is 5.82 Å². The number of nitrogens with two attached hydrogens (primary N) is 1. The van der Waals surface area contributed by atoms with Gasteiger partial charge in [0.25, 0.3) is 0 Å². The first-order valence-corrected chi connectivity index (χ1v) is 8.49. The van der Waals surface area contributed by atoms with Gasteiger partial charge in [0.2, 0.25) is 10.0 Å². The first-order chi connectivity index (χ1) is 9.43. The second-order valence-electron chi connectivity index (χ2n) is 4.98. The smallest absolute Gasteiger partial charge is 0.246 e. The van der Waals surface area contributed by atoms with Crippen LogP contribution < -0.4 is 5.73 Å². The average Bonchev–Trinajstić information content (AvgIpc) is 2.32. The van der Waals surface area contributed by atoms with E-state index in [4.69, 9.17) is 17.3 Å². The monoisotopic (exact) mass is 320 g/mol. The summed E-state index contributed by atoms with van der Waals surface area (Å²) in [6.07, 6.45) is 4.68. The summed E-state index contributed by atoms with van der Waals surface area (Å²) in [5.41, 5.74) is 5.21. The zero-order valence-electron chi connectivity index (χ0n) is 11.1. The Kier molecular flexibility index (Phi) is 4.88. The van der Waals surface area contributed by atoms with E-state index in [9.17, 15) is 12.8 Å². The van der Waals surface area contributed by atoms with Crippen LogP contribution in [0.25, 0.3) is 0 Å². The van der Waals surface area contributed by atoms with E-state index in [1.807, 2.05) is 0 Å². The molecule has 0 atom stereocenters. The van der Waals surface area contributed by atoms with E-state index in [0.29, 0.717) is 13.1 Å². The Hall–Kier alpha value is -0.850. The van der Waals surface area contributed by atoms with Gasteiger partial charge in [-0.05, 0) is 25.0 Å². The highest BCUT2D eigenvalue weighted by atomic mass is 35.5. The third-order valence-electron chi connectivity index (χ3n) is 3.47. The van der Waals surface area contributed by atoms with Gasteiger partial charge in [0.05, 0.1) is 5.69 Å². The topological polar surface area (TPSA) is 63.4 Å². The summed E-state index contributed by atoms with van der Waals surface area (Å²) in [5.74, 6) is -0.920. The van der Waals surface area contributed by atoms with Crippen LogP contribution in [0.2, 0.25) is 5.02 Å². The number of rotatable bonds is 2. The number of sulfonamides is 1. The third-order valence-corrected chi connectivity index (χ3v) is 5.58. The molecule has 1 aliphatic heterocycles. The van der Waals surface area contributed by atoms with E-state index >= 15 is 0 Å². The molecule has 1 fully saturated rings. The van der Waals surface area contributed by atoms with Crippen molar-refractivity contribution in [1.82, 2.24) is 4.31 Å². The predicted molar refractivity (Wildman–Crippen MR) is 77.7 cm³/mol. The van der Waals surface area contributed by atoms with Crippen LogP contribution in [0.4, 0.5) is 10.1 Å². The minimum Gasteiger partial charge on any atom is -0.396 e. The Balaban J connectivity index is 2.38. The number of hydrogen-bond acceptors (Lipinski definition) is 3. The fraction of sp³-hybridized carbons (Fsp3) is 0.538. The van der Waals surface area contributed by atoms with Gasteiger partial charge in [0.15, 0.2) is 5.82 Å². The molecule has 0 aromatic heterocycles. The summed E-state index contributed by atoms with van der Waals surface area (Å²) in [5, 5.41) is 0.120. The summed E-state index contributed by atoms with van der Waals surface area (Å²) in [7, 11) is -3.88. The maximum atomic E-state index is 14.0. The number of halogens is 2. The van der Waals surface area contributed by atoms with Crippen molar-refractivity contribution in [3.8, 4) is 0 Å². The molecular weight excluding hydrogens is 303 g/mol. The largest absolute Gasteiger partial charge is 0.396 e. The van der Waals surface area contributed by atoms with Gasteiger partial charge in [-0.15, -0.1) is 0 Å². The zero-order chi connectivity index (χ0) is 14.8. The molecule has 2 rings (SSSR count). The van der Waals surface area contributed by atoms with Crippen molar-refractivity contribution >= 4 is 27.3 Å². The lowest BCUT2D eigenvalue weighted by molar-refractivity contribution is 0.362. The molecule has 2 N–H and O–H groups in total. The van der Waals surface area contributed by atoms with Crippen molar-refractivity contribution < 1.29 is 12.8 Å². The lowest BCUT2D eigenvalue weighted by Crippen LogP contribution is -2.34. The molecule has 0 radical (unpaired) electrons. The number of nitrogen functional groups attached to an aromatic ring is 1. The van der Waals surface area contributed by atoms with Gasteiger partial charge in [-0.3, -0.25) is 0 Å². The molecule has 0 bridgehead atoms. The first-order valence-electron chi connectivity index (χ1n) is 6.67. The summed E-state index contributed by atoms with van der Waals surface area (Å²) >= 11 is 5.80. The van der Waals surface area contributed by atoms with E-state index in [0.717, 1.165) is 38.2 Å². The van der Waals surface area contributed by atoms with Gasteiger partial charge in [0.1, 0.15) is 4.90 Å². The van der Waals surface area contributed by atoms with Crippen LogP contribution in [0.15, 0.2) is 17.0 Å². The van der Waals surface area contributed by atoms with E-state index < -0.39 is 20.7 Å². The molecule has 112 valence electrons. The lowest BCUT2D eigenvalue weighted by atomic mass is 10.1. The van der Waals surface area contributed by atoms with Gasteiger partial charge in [-0.25, -0.2) is 12.8 Å². The Morgan fingerprint density at radius 3 is 2.25 bits per heavy atom. The summed E-state index contributed by atoms with van der Waals surface area (Å²) in [4.78, 5) is -0.428. The Morgan fingerprint density at radius 2 is 1.65 bits per heavy atom. The van der Waals surface area contributed by atoms with Crippen LogP contribution in [0.5, 0.6) is 0 Å². The average molecular weight is 321 g/mol. The molecule has 0 unspecified atom stereocenters. The normalized spacial score (nSPS) is 18.5. The Bertz CT molecular complexity index is 584. The summed E-state index contributed by atoms with van der Waals surface area (Å²) in [6.45, 7) is 0.822. The standard InChI is InChI=1S/C13H18ClFN2O2S/c14-10-8-11(16)13(15)12(9-10)20(18,19)17-6-4-2-1-3-5-7-17/h8-9H,1-7,16H2. The highest BCUT2D eigenvalue weighted by molar-refractivity contribution is 7.89. The van der Waals surface area contributed by atoms with Gasteiger partial charge >= 0.3 is 0 Å². The highest BCUT2D eigenvalue weighted by Gasteiger charge is 2.28. The van der Waals surface area contributed by atoms with Crippen LogP contribution in [0.1, 0.15) is 32.1 Å². The molecule has 4 nitrogen and oxygen atoms in total. The minimum atomic E-state index is -3.88. The van der Waals surface area contributed by atoms with Gasteiger partial charge in [-0.1, -0.05) is 30.9 Å². The van der Waals surface area contributed by atoms with Gasteiger partial charge in [0, 0.05) is 18.1 Å². The maximum absolute atomic E-state index is 14.0. The second kappa shape index (κ2) is 6.28. The molecule has 0 aliphatic carbocycles. The fourth-order valence-corrected chi connectivity index (χ4v) is 4.30. The van der Waals surface area contributed by atoms with E-state index in [1.165, 1.54) is 10.4 Å². The van der Waals surface area contributed by atoms with Crippen molar-refractivity contribution in [2.75, 3.05) is 18.8 Å². The molecule has 1 aliphatic rings. The highest BCUT2D eigenvalue weighted by Crippen LogP contribution is 2.28. The molecule has 1 aromatic rings. The molecule has 7 heteroatoms. The lowest BCUT2D eigenvalue weighted by Gasteiger charge is -2.24. The van der Waals surface area contributed by atoms with Crippen molar-refractivity contribution in [3.63, 3.8) is 0 Å². The van der Waals surface area contributed by atoms with E-state index in [-0.39, 0.29) is 10.7 Å². The van der Waals surface area contributed by atoms with Crippen LogP contribution >= 0.6 is 11.6 Å². The fourth-order valence-electron chi connectivity index (χ4n) is 2.37. The molecule has 1 heterocycles. The van der Waals surface area contributed by atoms with Crippen molar-refractivity contribution in [3.05, 3.63) is 23.0 Å². The number of benzene rings is 1. The van der Waals surface area contributed by atoms with Crippen molar-refractivity contribution in [2.45, 2.75) is 37.0 Å². The number of nitrogens with zero attached hydrogens (tertiary/aromatic N) is 1. The molecule has 0 spiro atoms. The van der Waals surface area contributed by atoms with Gasteiger partial charge in [-0.2, -0.15) is 4.31 Å². The van der Waals surface area contributed by atoms with Gasteiger partial charge < -0.3 is 5.73 Å². The van der Waals surface area contributed by atoms with Crippen LogP contribution in [0.3, 0.4) is 0 Å². The van der Waals surface area contributed by atoms with Crippen LogP contribution in [-0.2, 0) is 10.0 Å². The Labute approximate surface area is 123 Å². The first kappa shape index (κ1) is 15.5. The summed E-state index contributed by atoms with van der Waals surface area (Å²) in [6, 6.07) is 2.34. The number of anilines is 1. The van der Waals surface area contributed by atoms with Crippen LogP contribution in [-0.4, -0.2) is 25.8 Å². The van der Waals surface area contributed by atoms with Crippen molar-refractivity contribution in [2.24, 2.45) is 0 Å². The molecular formula is C13H18ClFN2O2S. The maximum Gasteiger partial charge on any atom is 0.246 e. The summed E-state index contributed by atoms with van der Waals surface area (Å²) < 4.78 is 40.5. The molecule has 20 heavy (non-hydrogen) atoms. The molecule has 0 amide bonds. The SMILES string of the molecule is Nc1cc(Cl)cc(S(=O)(=O)N2CCCCCCC2)c1F. The predicted octanol–water partition coefficient (Wildman–Crippen LogP) is 3.02. The Morgan fingerprint density at radius 1 is 1.10 bits per heavy atom. The second-order valence-corrected chi connectivity index (χ2v) is 7.32. The quantitative estimate of drug-likeness (QED) is 0.852. The molecule has 0 saturated carbocycles. The molecule has 1 saturated heterocycles. The van der Waals surface area contributed by atoms with Crippen molar-refractivity contribution in [1.29, 1.82) is 0 Å². The third kappa shape index (κ3) is 3.24. The molecule has 1 aromatic carbocycles.